The predicted molar refractivity (Wildman–Crippen MR) is 68.3 cm³/mol. The van der Waals surface area contributed by atoms with E-state index in [2.05, 4.69) is 49.7 Å². The summed E-state index contributed by atoms with van der Waals surface area (Å²) in [4.78, 5) is 5.52. The SMILES string of the molecule is CCn1ncnc1CNCc1sccc1Br. The molecule has 0 atom stereocenters. The van der Waals surface area contributed by atoms with Gasteiger partial charge in [0.1, 0.15) is 12.2 Å². The number of nitrogens with one attached hydrogen (secondary N) is 1. The lowest BCUT2D eigenvalue weighted by molar-refractivity contribution is 0.573. The summed E-state index contributed by atoms with van der Waals surface area (Å²) in [5.41, 5.74) is 0. The Morgan fingerprint density at radius 2 is 2.38 bits per heavy atom. The van der Waals surface area contributed by atoms with Crippen LogP contribution >= 0.6 is 27.3 Å². The number of hydrogen-bond donors (Lipinski definition) is 1. The Labute approximate surface area is 107 Å². The fraction of sp³-hybridized carbons (Fsp3) is 0.400. The Hall–Kier alpha value is -0.720. The molecule has 2 heterocycles. The quantitative estimate of drug-likeness (QED) is 0.922. The van der Waals surface area contributed by atoms with Crippen molar-refractivity contribution in [3.05, 3.63) is 32.9 Å². The second-order valence-corrected chi connectivity index (χ2v) is 5.14. The van der Waals surface area contributed by atoms with E-state index in [4.69, 9.17) is 0 Å². The van der Waals surface area contributed by atoms with Crippen molar-refractivity contribution in [1.82, 2.24) is 20.1 Å². The third-order valence-corrected chi connectivity index (χ3v) is 4.18. The van der Waals surface area contributed by atoms with Crippen molar-refractivity contribution >= 4 is 27.3 Å². The van der Waals surface area contributed by atoms with Crippen LogP contribution in [0, 0.1) is 0 Å². The van der Waals surface area contributed by atoms with Gasteiger partial charge in [-0.15, -0.1) is 11.3 Å². The van der Waals surface area contributed by atoms with Gasteiger partial charge in [-0.2, -0.15) is 5.10 Å². The molecule has 1 N–H and O–H groups in total. The molecule has 0 fully saturated rings. The summed E-state index contributed by atoms with van der Waals surface area (Å²) < 4.78 is 3.07. The van der Waals surface area contributed by atoms with Gasteiger partial charge in [0.15, 0.2) is 0 Å². The monoisotopic (exact) mass is 300 g/mol. The van der Waals surface area contributed by atoms with Crippen molar-refractivity contribution in [2.45, 2.75) is 26.6 Å². The molecule has 86 valence electrons. The summed E-state index contributed by atoms with van der Waals surface area (Å²) in [6.45, 7) is 4.53. The topological polar surface area (TPSA) is 42.7 Å². The van der Waals surface area contributed by atoms with E-state index in [1.54, 1.807) is 17.7 Å². The number of rotatable bonds is 5. The van der Waals surface area contributed by atoms with Gasteiger partial charge in [0, 0.05) is 22.4 Å². The first-order valence-electron chi connectivity index (χ1n) is 5.10. The summed E-state index contributed by atoms with van der Waals surface area (Å²) in [5.74, 6) is 0.982. The van der Waals surface area contributed by atoms with Gasteiger partial charge in [-0.1, -0.05) is 0 Å². The summed E-state index contributed by atoms with van der Waals surface area (Å²) in [7, 11) is 0. The van der Waals surface area contributed by atoms with E-state index in [0.29, 0.717) is 0 Å². The third-order valence-electron chi connectivity index (χ3n) is 2.25. The lowest BCUT2D eigenvalue weighted by Gasteiger charge is -2.04. The minimum atomic E-state index is 0.748. The molecule has 2 rings (SSSR count). The highest BCUT2D eigenvalue weighted by atomic mass is 79.9. The van der Waals surface area contributed by atoms with Gasteiger partial charge in [0.25, 0.3) is 0 Å². The maximum atomic E-state index is 4.21. The van der Waals surface area contributed by atoms with Crippen LogP contribution in [0.2, 0.25) is 0 Å². The molecule has 2 aromatic heterocycles. The fourth-order valence-corrected chi connectivity index (χ4v) is 2.89. The lowest BCUT2D eigenvalue weighted by Crippen LogP contribution is -2.16. The molecule has 0 aliphatic heterocycles. The van der Waals surface area contributed by atoms with E-state index in [0.717, 1.165) is 25.5 Å². The Kier molecular flexibility index (Phi) is 4.09. The Balaban J connectivity index is 1.87. The van der Waals surface area contributed by atoms with E-state index >= 15 is 0 Å². The molecular weight excluding hydrogens is 288 g/mol. The third kappa shape index (κ3) is 2.69. The van der Waals surface area contributed by atoms with Crippen molar-refractivity contribution in [3.63, 3.8) is 0 Å². The molecule has 4 nitrogen and oxygen atoms in total. The molecule has 0 bridgehead atoms. The number of aryl methyl sites for hydroxylation is 1. The van der Waals surface area contributed by atoms with Crippen LogP contribution in [0.1, 0.15) is 17.6 Å². The first kappa shape index (κ1) is 11.8. The molecule has 0 spiro atoms. The number of aromatic nitrogens is 3. The molecule has 0 saturated heterocycles. The Morgan fingerprint density at radius 1 is 1.50 bits per heavy atom. The van der Waals surface area contributed by atoms with Crippen LogP contribution in [0.3, 0.4) is 0 Å². The fourth-order valence-electron chi connectivity index (χ4n) is 1.43. The van der Waals surface area contributed by atoms with Crippen molar-refractivity contribution < 1.29 is 0 Å². The molecule has 0 aliphatic rings. The summed E-state index contributed by atoms with van der Waals surface area (Å²) >= 11 is 5.26. The van der Waals surface area contributed by atoms with Gasteiger partial charge in [0.2, 0.25) is 0 Å². The Morgan fingerprint density at radius 3 is 3.06 bits per heavy atom. The van der Waals surface area contributed by atoms with Crippen LogP contribution in [0.4, 0.5) is 0 Å². The molecule has 0 amide bonds. The van der Waals surface area contributed by atoms with E-state index in [1.165, 1.54) is 9.35 Å². The van der Waals surface area contributed by atoms with Crippen molar-refractivity contribution in [1.29, 1.82) is 0 Å². The van der Waals surface area contributed by atoms with Crippen molar-refractivity contribution in [3.8, 4) is 0 Å². The normalized spacial score (nSPS) is 10.9. The summed E-state index contributed by atoms with van der Waals surface area (Å²) in [6.07, 6.45) is 1.60. The first-order chi connectivity index (χ1) is 7.81. The highest BCUT2D eigenvalue weighted by Crippen LogP contribution is 2.22. The van der Waals surface area contributed by atoms with Crippen LogP contribution in [0.5, 0.6) is 0 Å². The maximum Gasteiger partial charge on any atom is 0.140 e. The number of nitrogens with zero attached hydrogens (tertiary/aromatic N) is 3. The van der Waals surface area contributed by atoms with Crippen LogP contribution in [0.25, 0.3) is 0 Å². The molecule has 0 aliphatic carbocycles. The van der Waals surface area contributed by atoms with Gasteiger partial charge in [-0.05, 0) is 34.3 Å². The number of hydrogen-bond acceptors (Lipinski definition) is 4. The average molecular weight is 301 g/mol. The molecule has 16 heavy (non-hydrogen) atoms. The lowest BCUT2D eigenvalue weighted by atomic mass is 10.4. The summed E-state index contributed by atoms with van der Waals surface area (Å²) in [5, 5.41) is 9.57. The molecule has 6 heteroatoms. The van der Waals surface area contributed by atoms with Crippen LogP contribution in [-0.2, 0) is 19.6 Å². The van der Waals surface area contributed by atoms with E-state index in [1.807, 2.05) is 4.68 Å². The largest absolute Gasteiger partial charge is 0.305 e. The molecule has 0 unspecified atom stereocenters. The van der Waals surface area contributed by atoms with Crippen LogP contribution in [-0.4, -0.2) is 14.8 Å². The van der Waals surface area contributed by atoms with Crippen molar-refractivity contribution in [2.24, 2.45) is 0 Å². The smallest absolute Gasteiger partial charge is 0.140 e. The van der Waals surface area contributed by atoms with Gasteiger partial charge in [-0.25, -0.2) is 9.67 Å². The highest BCUT2D eigenvalue weighted by molar-refractivity contribution is 9.10. The van der Waals surface area contributed by atoms with Crippen LogP contribution in [0.15, 0.2) is 22.2 Å². The molecule has 2 aromatic rings. The standard InChI is InChI=1S/C10H13BrN4S/c1-2-15-10(13-7-14-15)6-12-5-9-8(11)3-4-16-9/h3-4,7,12H,2,5-6H2,1H3. The zero-order chi connectivity index (χ0) is 11.4. The zero-order valence-corrected chi connectivity index (χ0v) is 11.4. The number of halogens is 1. The maximum absolute atomic E-state index is 4.21. The van der Waals surface area contributed by atoms with Gasteiger partial charge in [0.05, 0.1) is 6.54 Å². The van der Waals surface area contributed by atoms with E-state index in [9.17, 15) is 0 Å². The zero-order valence-electron chi connectivity index (χ0n) is 8.98. The minimum Gasteiger partial charge on any atom is -0.305 e. The summed E-state index contributed by atoms with van der Waals surface area (Å²) in [6, 6.07) is 2.07. The Bertz CT molecular complexity index is 451. The highest BCUT2D eigenvalue weighted by Gasteiger charge is 2.03. The average Bonchev–Trinajstić information content (AvgIpc) is 2.88. The van der Waals surface area contributed by atoms with E-state index < -0.39 is 0 Å². The molecule has 0 saturated carbocycles. The second-order valence-electron chi connectivity index (χ2n) is 3.29. The first-order valence-corrected chi connectivity index (χ1v) is 6.77. The van der Waals surface area contributed by atoms with Gasteiger partial charge < -0.3 is 5.32 Å². The van der Waals surface area contributed by atoms with Crippen LogP contribution < -0.4 is 5.32 Å². The number of thiophene rings is 1. The van der Waals surface area contributed by atoms with Gasteiger partial charge in [-0.3, -0.25) is 0 Å². The minimum absolute atomic E-state index is 0.748. The molecular formula is C10H13BrN4S. The van der Waals surface area contributed by atoms with E-state index in [-0.39, 0.29) is 0 Å². The second kappa shape index (κ2) is 5.56. The molecule has 0 aromatic carbocycles. The van der Waals surface area contributed by atoms with Gasteiger partial charge >= 0.3 is 0 Å². The predicted octanol–water partition coefficient (Wildman–Crippen LogP) is 2.41. The van der Waals surface area contributed by atoms with Crippen molar-refractivity contribution in [2.75, 3.05) is 0 Å². The molecule has 0 radical (unpaired) electrons.